The number of carbonyl (C=O) groups excluding carboxylic acids is 2. The van der Waals surface area contributed by atoms with E-state index in [-0.39, 0.29) is 18.2 Å². The van der Waals surface area contributed by atoms with Crippen LogP contribution >= 0.6 is 11.6 Å². The molecule has 0 bridgehead atoms. The number of likely N-dealkylation sites (tertiary alicyclic amines) is 1. The van der Waals surface area contributed by atoms with Crippen molar-refractivity contribution in [3.8, 4) is 0 Å². The summed E-state index contributed by atoms with van der Waals surface area (Å²) in [6, 6.07) is 7.09. The molecule has 2 aliphatic rings. The van der Waals surface area contributed by atoms with Crippen molar-refractivity contribution < 1.29 is 19.1 Å². The van der Waals surface area contributed by atoms with Crippen LogP contribution in [0.3, 0.4) is 0 Å². The summed E-state index contributed by atoms with van der Waals surface area (Å²) in [6.07, 6.45) is 1.67. The van der Waals surface area contributed by atoms with E-state index in [4.69, 9.17) is 21.1 Å². The average molecular weight is 367 g/mol. The van der Waals surface area contributed by atoms with Crippen molar-refractivity contribution >= 4 is 29.1 Å². The van der Waals surface area contributed by atoms with E-state index in [2.05, 4.69) is 0 Å². The molecule has 1 aromatic carbocycles. The molecule has 0 aliphatic carbocycles. The van der Waals surface area contributed by atoms with Crippen LogP contribution in [0.15, 0.2) is 24.3 Å². The molecule has 2 amide bonds. The third-order valence-corrected chi connectivity index (χ3v) is 4.98. The van der Waals surface area contributed by atoms with Gasteiger partial charge in [0.1, 0.15) is 0 Å². The second kappa shape index (κ2) is 7.72. The van der Waals surface area contributed by atoms with E-state index < -0.39 is 5.79 Å². The van der Waals surface area contributed by atoms with Gasteiger partial charge < -0.3 is 19.3 Å². The summed E-state index contributed by atoms with van der Waals surface area (Å²) < 4.78 is 11.4. The van der Waals surface area contributed by atoms with Crippen molar-refractivity contribution in [2.45, 2.75) is 32.0 Å². The smallest absolute Gasteiger partial charge is 0.224 e. The number of halogens is 1. The van der Waals surface area contributed by atoms with E-state index in [1.54, 1.807) is 23.1 Å². The van der Waals surface area contributed by atoms with Crippen molar-refractivity contribution in [3.63, 3.8) is 0 Å². The molecule has 0 aromatic heterocycles. The van der Waals surface area contributed by atoms with E-state index in [0.717, 1.165) is 0 Å². The summed E-state index contributed by atoms with van der Waals surface area (Å²) in [4.78, 5) is 27.9. The first-order valence-electron chi connectivity index (χ1n) is 8.58. The fourth-order valence-electron chi connectivity index (χ4n) is 3.36. The van der Waals surface area contributed by atoms with Gasteiger partial charge >= 0.3 is 0 Å². The van der Waals surface area contributed by atoms with Crippen LogP contribution in [0.2, 0.25) is 5.02 Å². The number of hydrogen-bond acceptors (Lipinski definition) is 4. The van der Waals surface area contributed by atoms with E-state index in [9.17, 15) is 9.59 Å². The van der Waals surface area contributed by atoms with E-state index in [0.29, 0.717) is 56.4 Å². The van der Waals surface area contributed by atoms with Crippen molar-refractivity contribution in [1.82, 2.24) is 4.90 Å². The molecule has 6 nitrogen and oxygen atoms in total. The first-order valence-corrected chi connectivity index (χ1v) is 8.96. The van der Waals surface area contributed by atoms with Gasteiger partial charge in [0.2, 0.25) is 11.8 Å². The van der Waals surface area contributed by atoms with Gasteiger partial charge in [-0.2, -0.15) is 0 Å². The van der Waals surface area contributed by atoms with E-state index >= 15 is 0 Å². The van der Waals surface area contributed by atoms with Gasteiger partial charge in [0.05, 0.1) is 13.2 Å². The van der Waals surface area contributed by atoms with Gasteiger partial charge in [0, 0.05) is 56.5 Å². The zero-order chi connectivity index (χ0) is 17.9. The number of piperidine rings is 1. The maximum atomic E-state index is 12.5. The highest BCUT2D eigenvalue weighted by Crippen LogP contribution is 2.31. The zero-order valence-electron chi connectivity index (χ0n) is 14.4. The predicted molar refractivity (Wildman–Crippen MR) is 94.5 cm³/mol. The van der Waals surface area contributed by atoms with E-state index in [1.807, 2.05) is 11.0 Å². The Hall–Kier alpha value is -1.63. The van der Waals surface area contributed by atoms with Gasteiger partial charge in [-0.3, -0.25) is 9.59 Å². The standard InChI is InChI=1S/C18H23ClN2O4/c1-14(22)21(16-4-2-3-15(19)13-16)8-5-17(23)20-9-6-18(7-10-20)24-11-12-25-18/h2-4,13H,5-12H2,1H3. The van der Waals surface area contributed by atoms with Crippen molar-refractivity contribution in [2.75, 3.05) is 37.7 Å². The summed E-state index contributed by atoms with van der Waals surface area (Å²) in [6.45, 7) is 4.32. The van der Waals surface area contributed by atoms with Crippen LogP contribution in [-0.4, -0.2) is 55.3 Å². The second-order valence-electron chi connectivity index (χ2n) is 6.39. The van der Waals surface area contributed by atoms with Crippen LogP contribution in [0, 0.1) is 0 Å². The maximum Gasteiger partial charge on any atom is 0.224 e. The van der Waals surface area contributed by atoms with Crippen LogP contribution in [0.5, 0.6) is 0 Å². The van der Waals surface area contributed by atoms with Crippen molar-refractivity contribution in [2.24, 2.45) is 0 Å². The maximum absolute atomic E-state index is 12.5. The first-order chi connectivity index (χ1) is 12.0. The Morgan fingerprint density at radius 1 is 1.24 bits per heavy atom. The molecule has 0 radical (unpaired) electrons. The number of amides is 2. The predicted octanol–water partition coefficient (Wildman–Crippen LogP) is 2.45. The monoisotopic (exact) mass is 366 g/mol. The summed E-state index contributed by atoms with van der Waals surface area (Å²) in [5.74, 6) is -0.551. The van der Waals surface area contributed by atoms with Crippen LogP contribution in [0.25, 0.3) is 0 Å². The van der Waals surface area contributed by atoms with Crippen LogP contribution in [0.1, 0.15) is 26.2 Å². The Morgan fingerprint density at radius 3 is 2.52 bits per heavy atom. The second-order valence-corrected chi connectivity index (χ2v) is 6.83. The molecule has 136 valence electrons. The largest absolute Gasteiger partial charge is 0.347 e. The Labute approximate surface area is 152 Å². The molecular formula is C18H23ClN2O4. The number of nitrogens with zero attached hydrogens (tertiary/aromatic N) is 2. The lowest BCUT2D eigenvalue weighted by atomic mass is 10.0. The average Bonchev–Trinajstić information content (AvgIpc) is 3.03. The number of anilines is 1. The Kier molecular flexibility index (Phi) is 5.61. The lowest BCUT2D eigenvalue weighted by Crippen LogP contribution is -2.48. The lowest BCUT2D eigenvalue weighted by molar-refractivity contribution is -0.187. The minimum absolute atomic E-state index is 0.0427. The summed E-state index contributed by atoms with van der Waals surface area (Å²) >= 11 is 6.00. The molecule has 2 saturated heterocycles. The van der Waals surface area contributed by atoms with Gasteiger partial charge in [-0.05, 0) is 18.2 Å². The summed E-state index contributed by atoms with van der Waals surface area (Å²) in [5, 5.41) is 0.563. The minimum atomic E-state index is -0.483. The van der Waals surface area contributed by atoms with Gasteiger partial charge in [-0.1, -0.05) is 17.7 Å². The SMILES string of the molecule is CC(=O)N(CCC(=O)N1CCC2(CC1)OCCO2)c1cccc(Cl)c1. The third kappa shape index (κ3) is 4.32. The molecule has 2 fully saturated rings. The number of rotatable bonds is 4. The molecule has 25 heavy (non-hydrogen) atoms. The van der Waals surface area contributed by atoms with Crippen LogP contribution < -0.4 is 4.90 Å². The highest BCUT2D eigenvalue weighted by Gasteiger charge is 2.40. The molecule has 0 unspecified atom stereocenters. The molecule has 7 heteroatoms. The summed E-state index contributed by atoms with van der Waals surface area (Å²) in [5.41, 5.74) is 0.707. The van der Waals surface area contributed by atoms with E-state index in [1.165, 1.54) is 6.92 Å². The number of ether oxygens (including phenoxy) is 2. The first kappa shape index (κ1) is 18.2. The van der Waals surface area contributed by atoms with Crippen LogP contribution in [0.4, 0.5) is 5.69 Å². The third-order valence-electron chi connectivity index (χ3n) is 4.74. The molecule has 2 heterocycles. The minimum Gasteiger partial charge on any atom is -0.347 e. The Balaban J connectivity index is 1.54. The lowest BCUT2D eigenvalue weighted by Gasteiger charge is -2.37. The van der Waals surface area contributed by atoms with Crippen molar-refractivity contribution in [3.05, 3.63) is 29.3 Å². The molecule has 1 aromatic rings. The fourth-order valence-corrected chi connectivity index (χ4v) is 3.54. The van der Waals surface area contributed by atoms with Crippen molar-refractivity contribution in [1.29, 1.82) is 0 Å². The molecule has 0 N–H and O–H groups in total. The van der Waals surface area contributed by atoms with Gasteiger partial charge in [-0.15, -0.1) is 0 Å². The van der Waals surface area contributed by atoms with Crippen LogP contribution in [-0.2, 0) is 19.1 Å². The summed E-state index contributed by atoms with van der Waals surface area (Å²) in [7, 11) is 0. The molecule has 1 spiro atoms. The number of benzene rings is 1. The fraction of sp³-hybridized carbons (Fsp3) is 0.556. The van der Waals surface area contributed by atoms with Gasteiger partial charge in [-0.25, -0.2) is 0 Å². The van der Waals surface area contributed by atoms with Gasteiger partial charge in [0.15, 0.2) is 5.79 Å². The normalized spacial score (nSPS) is 19.2. The molecule has 2 aliphatic heterocycles. The topological polar surface area (TPSA) is 59.1 Å². The molecule has 3 rings (SSSR count). The highest BCUT2D eigenvalue weighted by molar-refractivity contribution is 6.30. The number of carbonyl (C=O) groups is 2. The molecular weight excluding hydrogens is 344 g/mol. The van der Waals surface area contributed by atoms with Gasteiger partial charge in [0.25, 0.3) is 0 Å². The zero-order valence-corrected chi connectivity index (χ0v) is 15.1. The Morgan fingerprint density at radius 2 is 1.92 bits per heavy atom. The Bertz CT molecular complexity index is 636. The molecule has 0 saturated carbocycles. The molecule has 0 atom stereocenters. The quantitative estimate of drug-likeness (QED) is 0.821. The number of hydrogen-bond donors (Lipinski definition) is 0. The highest BCUT2D eigenvalue weighted by atomic mass is 35.5.